The molecular formula is C36H35ClF2N2O5S. The molecule has 246 valence electrons. The van der Waals surface area contributed by atoms with Crippen LogP contribution in [0.1, 0.15) is 53.7 Å². The molecule has 0 heterocycles. The molecule has 0 bridgehead atoms. The van der Waals surface area contributed by atoms with Crippen LogP contribution in [-0.2, 0) is 21.3 Å². The van der Waals surface area contributed by atoms with E-state index in [9.17, 15) is 18.0 Å². The fourth-order valence-electron chi connectivity index (χ4n) is 4.68. The van der Waals surface area contributed by atoms with Crippen LogP contribution in [0.2, 0.25) is 5.02 Å². The smallest absolute Gasteiger partial charge is 0.266 e. The minimum Gasteiger partial charge on any atom is -0.351 e. The van der Waals surface area contributed by atoms with E-state index in [1.165, 1.54) is 12.1 Å². The van der Waals surface area contributed by atoms with E-state index in [0.29, 0.717) is 21.7 Å². The molecule has 0 saturated carbocycles. The van der Waals surface area contributed by atoms with Crippen LogP contribution in [0.25, 0.3) is 17.2 Å². The standard InChI is InChI=1S/C36H35ClF2N2O5S/c1-36(2,3)17-16-23-4-8-26(9-5-23)30(20-24-6-10-27(11-7-24)34(42)40-18-19-47(44,45)46)35(43)41-33-22-31(38)29(21-32(33)39)25-12-14-28(37)15-13-25/h4-17,21-22,30H,18-20H2,1-3H3,(H,40,42)(H,41,43)(H,44,45,46). The molecule has 47 heavy (non-hydrogen) atoms. The minimum absolute atomic E-state index is 0.0229. The van der Waals surface area contributed by atoms with E-state index in [2.05, 4.69) is 37.5 Å². The molecule has 3 N–H and O–H groups in total. The highest BCUT2D eigenvalue weighted by molar-refractivity contribution is 7.85. The number of nitrogens with one attached hydrogen (secondary N) is 2. The van der Waals surface area contributed by atoms with Gasteiger partial charge in [0.15, 0.2) is 0 Å². The van der Waals surface area contributed by atoms with Crippen molar-refractivity contribution in [2.24, 2.45) is 5.41 Å². The first kappa shape index (κ1) is 35.5. The van der Waals surface area contributed by atoms with E-state index in [1.807, 2.05) is 30.3 Å². The summed E-state index contributed by atoms with van der Waals surface area (Å²) in [5.74, 6) is -4.06. The van der Waals surface area contributed by atoms with Gasteiger partial charge in [-0.15, -0.1) is 0 Å². The van der Waals surface area contributed by atoms with Gasteiger partial charge in [-0.25, -0.2) is 8.78 Å². The number of carbonyl (C=O) groups excluding carboxylic acids is 2. The van der Waals surface area contributed by atoms with Gasteiger partial charge >= 0.3 is 0 Å². The van der Waals surface area contributed by atoms with Crippen LogP contribution in [0, 0.1) is 17.0 Å². The van der Waals surface area contributed by atoms with Crippen LogP contribution in [0.3, 0.4) is 0 Å². The van der Waals surface area contributed by atoms with Gasteiger partial charge in [-0.3, -0.25) is 14.1 Å². The van der Waals surface area contributed by atoms with E-state index >= 15 is 8.78 Å². The summed E-state index contributed by atoms with van der Waals surface area (Å²) in [4.78, 5) is 26.1. The molecule has 0 aromatic heterocycles. The topological polar surface area (TPSA) is 113 Å². The predicted molar refractivity (Wildman–Crippen MR) is 182 cm³/mol. The molecule has 11 heteroatoms. The average Bonchev–Trinajstić information content (AvgIpc) is 3.00. The maximum Gasteiger partial charge on any atom is 0.266 e. The highest BCUT2D eigenvalue weighted by atomic mass is 35.5. The number of amides is 2. The number of anilines is 1. The van der Waals surface area contributed by atoms with Gasteiger partial charge in [-0.2, -0.15) is 8.42 Å². The molecule has 4 aromatic rings. The van der Waals surface area contributed by atoms with Crippen LogP contribution in [0.5, 0.6) is 0 Å². The molecule has 0 saturated heterocycles. The lowest BCUT2D eigenvalue weighted by Crippen LogP contribution is -2.28. The second kappa shape index (κ2) is 15.0. The third-order valence-electron chi connectivity index (χ3n) is 7.20. The maximum absolute atomic E-state index is 15.3. The molecule has 4 aromatic carbocycles. The van der Waals surface area contributed by atoms with Crippen molar-refractivity contribution in [1.29, 1.82) is 0 Å². The Morgan fingerprint density at radius 3 is 2.15 bits per heavy atom. The lowest BCUT2D eigenvalue weighted by atomic mass is 9.89. The second-order valence-corrected chi connectivity index (χ2v) is 14.2. The third kappa shape index (κ3) is 10.6. The Kier molecular flexibility index (Phi) is 11.3. The summed E-state index contributed by atoms with van der Waals surface area (Å²) in [5, 5.41) is 5.43. The Bertz CT molecular complexity index is 1870. The number of rotatable bonds is 11. The fraction of sp³-hybridized carbons (Fsp3) is 0.222. The van der Waals surface area contributed by atoms with Crippen LogP contribution in [0.15, 0.2) is 91.0 Å². The van der Waals surface area contributed by atoms with Crippen LogP contribution in [-0.4, -0.2) is 37.1 Å². The molecule has 0 aliphatic heterocycles. The van der Waals surface area contributed by atoms with Crippen molar-refractivity contribution in [1.82, 2.24) is 5.32 Å². The molecule has 1 unspecified atom stereocenters. The van der Waals surface area contributed by atoms with Crippen molar-refractivity contribution in [2.45, 2.75) is 33.1 Å². The number of allylic oxidation sites excluding steroid dienone is 1. The third-order valence-corrected chi connectivity index (χ3v) is 8.17. The lowest BCUT2D eigenvalue weighted by molar-refractivity contribution is -0.117. The van der Waals surface area contributed by atoms with Crippen molar-refractivity contribution in [3.63, 3.8) is 0 Å². The van der Waals surface area contributed by atoms with E-state index in [4.69, 9.17) is 16.2 Å². The summed E-state index contributed by atoms with van der Waals surface area (Å²) in [7, 11) is -4.22. The first-order chi connectivity index (χ1) is 22.1. The highest BCUT2D eigenvalue weighted by Crippen LogP contribution is 2.31. The largest absolute Gasteiger partial charge is 0.351 e. The number of benzene rings is 4. The molecular weight excluding hydrogens is 646 g/mol. The van der Waals surface area contributed by atoms with Gasteiger partial charge in [0, 0.05) is 28.8 Å². The summed E-state index contributed by atoms with van der Waals surface area (Å²) in [6, 6.07) is 22.0. The van der Waals surface area contributed by atoms with Crippen LogP contribution in [0.4, 0.5) is 14.5 Å². The monoisotopic (exact) mass is 680 g/mol. The SMILES string of the molecule is CC(C)(C)C=Cc1ccc(C(Cc2ccc(C(=O)NCCS(=O)(=O)O)cc2)C(=O)Nc2cc(F)c(-c3ccc(Cl)cc3)cc2F)cc1. The Balaban J connectivity index is 1.58. The number of carbonyl (C=O) groups is 2. The van der Waals surface area contributed by atoms with Gasteiger partial charge in [0.2, 0.25) is 5.91 Å². The molecule has 0 fully saturated rings. The van der Waals surface area contributed by atoms with Crippen molar-refractivity contribution >= 4 is 45.3 Å². The van der Waals surface area contributed by atoms with E-state index < -0.39 is 45.2 Å². The summed E-state index contributed by atoms with van der Waals surface area (Å²) >= 11 is 5.92. The van der Waals surface area contributed by atoms with Crippen molar-refractivity contribution in [3.05, 3.63) is 130 Å². The Morgan fingerprint density at radius 2 is 1.55 bits per heavy atom. The molecule has 2 amide bonds. The van der Waals surface area contributed by atoms with Crippen LogP contribution >= 0.6 is 11.6 Å². The zero-order valence-corrected chi connectivity index (χ0v) is 27.6. The maximum atomic E-state index is 15.3. The molecule has 7 nitrogen and oxygen atoms in total. The molecule has 0 radical (unpaired) electrons. The van der Waals surface area contributed by atoms with E-state index in [0.717, 1.165) is 17.7 Å². The molecule has 4 rings (SSSR count). The van der Waals surface area contributed by atoms with Gasteiger partial charge < -0.3 is 10.6 Å². The highest BCUT2D eigenvalue weighted by Gasteiger charge is 2.24. The Labute approximate surface area is 278 Å². The zero-order chi connectivity index (χ0) is 34.4. The summed E-state index contributed by atoms with van der Waals surface area (Å²) in [6.45, 7) is 5.98. The minimum atomic E-state index is -4.22. The van der Waals surface area contributed by atoms with Gasteiger partial charge in [0.05, 0.1) is 17.4 Å². The van der Waals surface area contributed by atoms with Crippen molar-refractivity contribution < 1.29 is 31.3 Å². The summed E-state index contributed by atoms with van der Waals surface area (Å²) in [6.07, 6.45) is 4.22. The number of hydrogen-bond acceptors (Lipinski definition) is 4. The van der Waals surface area contributed by atoms with Gasteiger partial charge in [0.25, 0.3) is 16.0 Å². The Morgan fingerprint density at radius 1 is 0.915 bits per heavy atom. The molecule has 0 spiro atoms. The Hall–Kier alpha value is -4.38. The fourth-order valence-corrected chi connectivity index (χ4v) is 5.17. The van der Waals surface area contributed by atoms with Gasteiger partial charge in [-0.05, 0) is 64.4 Å². The second-order valence-electron chi connectivity index (χ2n) is 12.2. The number of halogens is 3. The normalized spacial score (nSPS) is 12.6. The van der Waals surface area contributed by atoms with E-state index in [-0.39, 0.29) is 35.2 Å². The first-order valence-electron chi connectivity index (χ1n) is 14.8. The molecule has 1 atom stereocenters. The molecule has 0 aliphatic rings. The predicted octanol–water partition coefficient (Wildman–Crippen LogP) is 7.93. The molecule has 0 aliphatic carbocycles. The first-order valence-corrected chi connectivity index (χ1v) is 16.7. The van der Waals surface area contributed by atoms with Gasteiger partial charge in [0.1, 0.15) is 11.6 Å². The quantitative estimate of drug-likeness (QED) is 0.139. The summed E-state index contributed by atoms with van der Waals surface area (Å²) < 4.78 is 61.1. The number of hydrogen-bond donors (Lipinski definition) is 3. The summed E-state index contributed by atoms with van der Waals surface area (Å²) in [5.41, 5.74) is 2.62. The van der Waals surface area contributed by atoms with Gasteiger partial charge in [-0.1, -0.05) is 93.1 Å². The average molecular weight is 681 g/mol. The van der Waals surface area contributed by atoms with Crippen LogP contribution < -0.4 is 10.6 Å². The van der Waals surface area contributed by atoms with Crippen molar-refractivity contribution in [2.75, 3.05) is 17.6 Å². The zero-order valence-electron chi connectivity index (χ0n) is 26.1. The lowest BCUT2D eigenvalue weighted by Gasteiger charge is -2.19. The van der Waals surface area contributed by atoms with E-state index in [1.54, 1.807) is 36.4 Å². The van der Waals surface area contributed by atoms with Crippen molar-refractivity contribution in [3.8, 4) is 11.1 Å².